The minimum absolute atomic E-state index is 0.0505. The molecule has 0 unspecified atom stereocenters. The zero-order valence-corrected chi connectivity index (χ0v) is 18.5. The smallest absolute Gasteiger partial charge is 0.393 e. The van der Waals surface area contributed by atoms with Crippen molar-refractivity contribution in [1.29, 1.82) is 0 Å². The van der Waals surface area contributed by atoms with Crippen LogP contribution >= 0.6 is 31.0 Å². The van der Waals surface area contributed by atoms with Crippen molar-refractivity contribution in [2.45, 2.75) is 0 Å². The van der Waals surface area contributed by atoms with E-state index >= 15 is 0 Å². The minimum atomic E-state index is -4.65. The lowest BCUT2D eigenvalue weighted by atomic mass is 10.1. The fourth-order valence-electron chi connectivity index (χ4n) is 3.14. The number of para-hydroxylation sites is 2. The van der Waals surface area contributed by atoms with E-state index in [1.165, 1.54) is 0 Å². The zero-order valence-electron chi connectivity index (χ0n) is 16.1. The van der Waals surface area contributed by atoms with Gasteiger partial charge in [0.05, 0.1) is 10.0 Å². The molecular formula is C24H17Cl2O4P. The van der Waals surface area contributed by atoms with Crippen molar-refractivity contribution in [3.8, 4) is 33.8 Å². The van der Waals surface area contributed by atoms with E-state index in [1.54, 1.807) is 36.4 Å². The van der Waals surface area contributed by atoms with Gasteiger partial charge in [0.15, 0.2) is 11.5 Å². The lowest BCUT2D eigenvalue weighted by Gasteiger charge is -2.19. The summed E-state index contributed by atoms with van der Waals surface area (Å²) in [5.41, 5.74) is 2.69. The summed E-state index contributed by atoms with van der Waals surface area (Å²) in [6.07, 6.45) is 0. The van der Waals surface area contributed by atoms with Gasteiger partial charge in [-0.1, -0.05) is 108 Å². The highest BCUT2D eigenvalue weighted by Crippen LogP contribution is 2.52. The van der Waals surface area contributed by atoms with Crippen molar-refractivity contribution in [2.75, 3.05) is 0 Å². The second-order valence-electron chi connectivity index (χ2n) is 6.62. The Balaban J connectivity index is 1.71. The molecule has 4 aromatic carbocycles. The number of rotatable bonds is 6. The molecule has 1 N–H and O–H groups in total. The summed E-state index contributed by atoms with van der Waals surface area (Å²) in [5.74, 6) is 0.101. The summed E-state index contributed by atoms with van der Waals surface area (Å²) in [6.45, 7) is 0. The molecule has 0 amide bonds. The average molecular weight is 471 g/mol. The average Bonchev–Trinajstić information content (AvgIpc) is 2.77. The first-order valence-corrected chi connectivity index (χ1v) is 11.6. The normalized spacial score (nSPS) is 11.2. The molecule has 0 fully saturated rings. The Morgan fingerprint density at radius 1 is 0.581 bits per heavy atom. The Morgan fingerprint density at radius 3 is 1.35 bits per heavy atom. The Bertz CT molecular complexity index is 1150. The molecule has 0 aliphatic rings. The van der Waals surface area contributed by atoms with E-state index in [1.807, 2.05) is 60.7 Å². The van der Waals surface area contributed by atoms with Gasteiger partial charge in [-0.3, -0.25) is 4.89 Å². The van der Waals surface area contributed by atoms with E-state index < -0.39 is 7.82 Å². The molecule has 0 radical (unpaired) electrons. The first kappa shape index (κ1) is 21.5. The van der Waals surface area contributed by atoms with Crippen LogP contribution in [0.5, 0.6) is 11.5 Å². The molecule has 4 aromatic rings. The molecule has 0 spiro atoms. The second kappa shape index (κ2) is 9.17. The number of phosphoric acid groups is 1. The maximum atomic E-state index is 13.0. The summed E-state index contributed by atoms with van der Waals surface area (Å²) < 4.78 is 24.0. The molecule has 156 valence electrons. The molecule has 7 heteroatoms. The van der Waals surface area contributed by atoms with Crippen molar-refractivity contribution in [1.82, 2.24) is 0 Å². The van der Waals surface area contributed by atoms with Gasteiger partial charge in [-0.05, 0) is 23.3 Å². The van der Waals surface area contributed by atoms with Crippen LogP contribution in [0.2, 0.25) is 10.0 Å². The zero-order chi connectivity index (χ0) is 21.8. The Hall–Kier alpha value is -2.75. The van der Waals surface area contributed by atoms with Gasteiger partial charge < -0.3 is 9.05 Å². The minimum Gasteiger partial charge on any atom is -0.393 e. The van der Waals surface area contributed by atoms with E-state index in [2.05, 4.69) is 0 Å². The van der Waals surface area contributed by atoms with Crippen LogP contribution in [0.15, 0.2) is 97.1 Å². The molecule has 0 saturated heterocycles. The summed E-state index contributed by atoms with van der Waals surface area (Å²) in [6, 6.07) is 28.7. The molecular weight excluding hydrogens is 454 g/mol. The highest BCUT2D eigenvalue weighted by Gasteiger charge is 2.30. The molecule has 0 aliphatic heterocycles. The van der Waals surface area contributed by atoms with E-state index in [-0.39, 0.29) is 21.5 Å². The van der Waals surface area contributed by atoms with Crippen LogP contribution in [-0.2, 0) is 4.57 Å². The number of hydrogen-bond donors (Lipinski definition) is 1. The van der Waals surface area contributed by atoms with Crippen molar-refractivity contribution in [3.63, 3.8) is 0 Å². The quantitative estimate of drug-likeness (QED) is 0.291. The van der Waals surface area contributed by atoms with E-state index in [0.29, 0.717) is 11.1 Å². The Labute approximate surface area is 190 Å². The highest BCUT2D eigenvalue weighted by atomic mass is 35.5. The maximum absolute atomic E-state index is 13.0. The van der Waals surface area contributed by atoms with Gasteiger partial charge in [-0.25, -0.2) is 4.57 Å². The molecule has 0 saturated carbocycles. The van der Waals surface area contributed by atoms with Gasteiger partial charge in [0, 0.05) is 11.1 Å². The summed E-state index contributed by atoms with van der Waals surface area (Å²) >= 11 is 12.6. The van der Waals surface area contributed by atoms with Crippen LogP contribution in [0, 0.1) is 0 Å². The van der Waals surface area contributed by atoms with Crippen molar-refractivity contribution >= 4 is 31.0 Å². The molecule has 4 nitrogen and oxygen atoms in total. The van der Waals surface area contributed by atoms with Crippen LogP contribution in [0.1, 0.15) is 0 Å². The maximum Gasteiger partial charge on any atom is 0.585 e. The van der Waals surface area contributed by atoms with Crippen molar-refractivity contribution < 1.29 is 18.5 Å². The summed E-state index contributed by atoms with van der Waals surface area (Å²) in [4.78, 5) is 10.6. The van der Waals surface area contributed by atoms with Crippen LogP contribution in [0.3, 0.4) is 0 Å². The van der Waals surface area contributed by atoms with Gasteiger partial charge >= 0.3 is 7.82 Å². The van der Waals surface area contributed by atoms with Gasteiger partial charge in [-0.15, -0.1) is 0 Å². The monoisotopic (exact) mass is 470 g/mol. The second-order valence-corrected chi connectivity index (χ2v) is 8.73. The van der Waals surface area contributed by atoms with E-state index in [0.717, 1.165) is 11.1 Å². The summed E-state index contributed by atoms with van der Waals surface area (Å²) in [5, 5.41) is 0.364. The molecule has 0 heterocycles. The van der Waals surface area contributed by atoms with Crippen LogP contribution in [0.25, 0.3) is 22.3 Å². The molecule has 0 aromatic heterocycles. The lowest BCUT2D eigenvalue weighted by Crippen LogP contribution is -2.03. The standard InChI is InChI=1S/C24H17Cl2O4P/c25-21-15-7-13-19(17-9-3-1-4-10-17)23(21)29-31(27,28)30-24-20(14-8-16-22(24)26)18-11-5-2-6-12-18/h1-16H,(H,27,28). The van der Waals surface area contributed by atoms with Gasteiger partial charge in [0.25, 0.3) is 0 Å². The third kappa shape index (κ3) is 4.95. The van der Waals surface area contributed by atoms with Crippen LogP contribution in [-0.4, -0.2) is 4.89 Å². The number of hydrogen-bond acceptors (Lipinski definition) is 3. The fraction of sp³-hybridized carbons (Fsp3) is 0. The number of benzene rings is 4. The Kier molecular flexibility index (Phi) is 6.35. The topological polar surface area (TPSA) is 55.8 Å². The SMILES string of the molecule is O=P(O)(Oc1c(Cl)cccc1-c1ccccc1)Oc1c(Cl)cccc1-c1ccccc1. The van der Waals surface area contributed by atoms with Gasteiger partial charge in [0.1, 0.15) is 0 Å². The van der Waals surface area contributed by atoms with Gasteiger partial charge in [-0.2, -0.15) is 0 Å². The Morgan fingerprint density at radius 2 is 0.968 bits per heavy atom. The fourth-order valence-corrected chi connectivity index (χ4v) is 4.57. The largest absolute Gasteiger partial charge is 0.585 e. The van der Waals surface area contributed by atoms with Crippen molar-refractivity contribution in [2.24, 2.45) is 0 Å². The highest BCUT2D eigenvalue weighted by molar-refractivity contribution is 7.48. The predicted molar refractivity (Wildman–Crippen MR) is 125 cm³/mol. The molecule has 0 aliphatic carbocycles. The third-order valence-electron chi connectivity index (χ3n) is 4.52. The molecule has 0 bridgehead atoms. The van der Waals surface area contributed by atoms with Crippen molar-refractivity contribution in [3.05, 3.63) is 107 Å². The first-order chi connectivity index (χ1) is 14.9. The van der Waals surface area contributed by atoms with E-state index in [9.17, 15) is 9.46 Å². The lowest BCUT2D eigenvalue weighted by molar-refractivity contribution is 0.292. The first-order valence-electron chi connectivity index (χ1n) is 9.34. The van der Waals surface area contributed by atoms with E-state index in [4.69, 9.17) is 32.2 Å². The van der Waals surface area contributed by atoms with Crippen LogP contribution < -0.4 is 9.05 Å². The number of phosphoric ester groups is 1. The molecule has 4 rings (SSSR count). The van der Waals surface area contributed by atoms with Gasteiger partial charge in [0.2, 0.25) is 0 Å². The predicted octanol–water partition coefficient (Wildman–Crippen LogP) is 7.89. The molecule has 0 atom stereocenters. The third-order valence-corrected chi connectivity index (χ3v) is 5.94. The summed E-state index contributed by atoms with van der Waals surface area (Å²) in [7, 11) is -4.65. The molecule has 31 heavy (non-hydrogen) atoms. The van der Waals surface area contributed by atoms with Crippen LogP contribution in [0.4, 0.5) is 0 Å². The number of halogens is 2.